The maximum Gasteiger partial charge on any atom is 0.331 e. The number of carboxylic acids is 1. The number of nitrogens with zero attached hydrogens (tertiary/aromatic N) is 1. The van der Waals surface area contributed by atoms with E-state index in [1.807, 2.05) is 0 Å². The number of benzene rings is 2. The van der Waals surface area contributed by atoms with Crippen molar-refractivity contribution >= 4 is 27.8 Å². The van der Waals surface area contributed by atoms with Crippen LogP contribution < -0.4 is 4.74 Å². The van der Waals surface area contributed by atoms with E-state index < -0.39 is 42.2 Å². The molecule has 0 saturated carbocycles. The van der Waals surface area contributed by atoms with Crippen LogP contribution in [0.1, 0.15) is 31.0 Å². The van der Waals surface area contributed by atoms with E-state index in [1.165, 1.54) is 12.1 Å². The first-order valence-electron chi connectivity index (χ1n) is 8.63. The van der Waals surface area contributed by atoms with E-state index in [9.17, 15) is 23.5 Å². The van der Waals surface area contributed by atoms with Gasteiger partial charge >= 0.3 is 5.97 Å². The minimum absolute atomic E-state index is 0.232. The topological polar surface area (TPSA) is 66.8 Å². The molecule has 1 aliphatic rings. The number of carbonyl (C=O) groups excluding carboxylic acids is 1. The van der Waals surface area contributed by atoms with Gasteiger partial charge in [0, 0.05) is 15.6 Å². The Bertz CT molecular complexity index is 914. The van der Waals surface area contributed by atoms with Crippen LogP contribution in [-0.2, 0) is 16.1 Å². The summed E-state index contributed by atoms with van der Waals surface area (Å²) in [5, 5.41) is 9.88. The largest absolute Gasteiger partial charge is 0.480 e. The number of halogens is 3. The molecule has 0 spiro atoms. The smallest absolute Gasteiger partial charge is 0.331 e. The first-order valence-corrected chi connectivity index (χ1v) is 9.42. The molecule has 0 saturated heterocycles. The predicted octanol–water partition coefficient (Wildman–Crippen LogP) is 4.30. The van der Waals surface area contributed by atoms with Crippen LogP contribution in [0.15, 0.2) is 40.9 Å². The minimum atomic E-state index is -1.46. The quantitative estimate of drug-likeness (QED) is 0.749. The number of fused-ring (bicyclic) bond motifs is 1. The summed E-state index contributed by atoms with van der Waals surface area (Å²) in [7, 11) is 0. The molecule has 1 N–H and O–H groups in total. The van der Waals surface area contributed by atoms with Crippen molar-refractivity contribution in [1.82, 2.24) is 4.90 Å². The van der Waals surface area contributed by atoms with Crippen molar-refractivity contribution in [3.05, 3.63) is 63.6 Å². The summed E-state index contributed by atoms with van der Waals surface area (Å²) in [6.45, 7) is 2.97. The average molecular weight is 454 g/mol. The molecule has 1 amide bonds. The Labute approximate surface area is 169 Å². The minimum Gasteiger partial charge on any atom is -0.480 e. The average Bonchev–Trinajstić information content (AvgIpc) is 2.73. The van der Waals surface area contributed by atoms with Crippen LogP contribution in [0.4, 0.5) is 8.78 Å². The van der Waals surface area contributed by atoms with Crippen LogP contribution in [0.25, 0.3) is 0 Å². The lowest BCUT2D eigenvalue weighted by molar-refractivity contribution is -0.154. The Morgan fingerprint density at radius 1 is 1.25 bits per heavy atom. The molecular weight excluding hydrogens is 436 g/mol. The third kappa shape index (κ3) is 3.73. The van der Waals surface area contributed by atoms with Gasteiger partial charge in [-0.3, -0.25) is 4.79 Å². The first kappa shape index (κ1) is 20.3. The molecular formula is C20H18BrF2NO4. The molecule has 28 heavy (non-hydrogen) atoms. The summed E-state index contributed by atoms with van der Waals surface area (Å²) in [5.74, 6) is -3.70. The normalized spacial score (nSPS) is 19.2. The van der Waals surface area contributed by atoms with Crippen molar-refractivity contribution in [3.63, 3.8) is 0 Å². The van der Waals surface area contributed by atoms with Crippen LogP contribution in [0.2, 0.25) is 0 Å². The number of amides is 1. The van der Waals surface area contributed by atoms with Gasteiger partial charge in [-0.1, -0.05) is 35.8 Å². The molecule has 3 rings (SSSR count). The molecule has 0 radical (unpaired) electrons. The number of hydrogen-bond acceptors (Lipinski definition) is 3. The standard InChI is InChI=1S/C20H18BrF2NO4/c1-10(2)18-19(25)24(9-13-14(22)4-3-5-15(13)23)17(20(26)27)12-8-11(21)6-7-16(12)28-18/h3-8,10,17-18H,9H2,1-2H3,(H,26,27). The van der Waals surface area contributed by atoms with E-state index in [0.29, 0.717) is 4.47 Å². The van der Waals surface area contributed by atoms with Crippen molar-refractivity contribution < 1.29 is 28.2 Å². The second-order valence-corrected chi connectivity index (χ2v) is 7.79. The number of carbonyl (C=O) groups is 2. The SMILES string of the molecule is CC(C)C1Oc2ccc(Br)cc2C(C(=O)O)N(Cc2c(F)cccc2F)C1=O. The van der Waals surface area contributed by atoms with Crippen molar-refractivity contribution in [2.24, 2.45) is 5.92 Å². The monoisotopic (exact) mass is 453 g/mol. The van der Waals surface area contributed by atoms with Crippen molar-refractivity contribution in [1.29, 1.82) is 0 Å². The fourth-order valence-electron chi connectivity index (χ4n) is 3.20. The number of carboxylic acid groups (broad SMARTS) is 1. The second-order valence-electron chi connectivity index (χ2n) is 6.87. The summed E-state index contributed by atoms with van der Waals surface area (Å²) < 4.78 is 34.9. The zero-order chi connectivity index (χ0) is 20.6. The zero-order valence-corrected chi connectivity index (χ0v) is 16.7. The predicted molar refractivity (Wildman–Crippen MR) is 101 cm³/mol. The Morgan fingerprint density at radius 2 is 1.89 bits per heavy atom. The zero-order valence-electron chi connectivity index (χ0n) is 15.2. The van der Waals surface area contributed by atoms with Gasteiger partial charge in [0.05, 0.1) is 6.54 Å². The molecule has 2 aromatic rings. The van der Waals surface area contributed by atoms with E-state index in [4.69, 9.17) is 4.74 Å². The highest BCUT2D eigenvalue weighted by atomic mass is 79.9. The lowest BCUT2D eigenvalue weighted by Gasteiger charge is -2.30. The molecule has 0 fully saturated rings. The molecule has 148 valence electrons. The van der Waals surface area contributed by atoms with E-state index in [-0.39, 0.29) is 22.8 Å². The van der Waals surface area contributed by atoms with Gasteiger partial charge in [-0.05, 0) is 36.2 Å². The van der Waals surface area contributed by atoms with E-state index >= 15 is 0 Å². The maximum absolute atomic E-state index is 14.2. The molecule has 2 unspecified atom stereocenters. The Balaban J connectivity index is 2.18. The Hall–Kier alpha value is -2.48. The van der Waals surface area contributed by atoms with Gasteiger partial charge in [0.15, 0.2) is 12.1 Å². The van der Waals surface area contributed by atoms with Gasteiger partial charge in [-0.15, -0.1) is 0 Å². The van der Waals surface area contributed by atoms with Crippen molar-refractivity contribution in [2.45, 2.75) is 32.5 Å². The molecule has 0 aliphatic carbocycles. The van der Waals surface area contributed by atoms with Crippen LogP contribution in [0.3, 0.4) is 0 Å². The third-order valence-electron chi connectivity index (χ3n) is 4.59. The highest BCUT2D eigenvalue weighted by Gasteiger charge is 2.42. The molecule has 1 heterocycles. The van der Waals surface area contributed by atoms with Crippen LogP contribution >= 0.6 is 15.9 Å². The summed E-state index contributed by atoms with van der Waals surface area (Å²) in [6, 6.07) is 6.67. The van der Waals surface area contributed by atoms with Crippen LogP contribution in [0, 0.1) is 17.6 Å². The highest BCUT2D eigenvalue weighted by Crippen LogP contribution is 2.38. The van der Waals surface area contributed by atoms with E-state index in [0.717, 1.165) is 17.0 Å². The van der Waals surface area contributed by atoms with Crippen LogP contribution in [0.5, 0.6) is 5.75 Å². The summed E-state index contributed by atoms with van der Waals surface area (Å²) in [5.41, 5.74) is -0.141. The lowest BCUT2D eigenvalue weighted by Crippen LogP contribution is -2.45. The molecule has 8 heteroatoms. The van der Waals surface area contributed by atoms with Gasteiger partial charge in [0.2, 0.25) is 0 Å². The fourth-order valence-corrected chi connectivity index (χ4v) is 3.58. The second kappa shape index (κ2) is 7.87. The summed E-state index contributed by atoms with van der Waals surface area (Å²) in [4.78, 5) is 26.2. The third-order valence-corrected chi connectivity index (χ3v) is 5.08. The molecule has 5 nitrogen and oxygen atoms in total. The first-order chi connectivity index (χ1) is 13.2. The molecule has 2 atom stereocenters. The van der Waals surface area contributed by atoms with Crippen molar-refractivity contribution in [3.8, 4) is 5.75 Å². The van der Waals surface area contributed by atoms with Gasteiger partial charge in [0.25, 0.3) is 5.91 Å². The van der Waals surface area contributed by atoms with E-state index in [1.54, 1.807) is 26.0 Å². The fraction of sp³-hybridized carbons (Fsp3) is 0.300. The Kier molecular flexibility index (Phi) is 5.69. The van der Waals surface area contributed by atoms with Crippen LogP contribution in [-0.4, -0.2) is 28.0 Å². The molecule has 0 aromatic heterocycles. The van der Waals surface area contributed by atoms with Gasteiger partial charge in [-0.25, -0.2) is 13.6 Å². The van der Waals surface area contributed by atoms with Crippen molar-refractivity contribution in [2.75, 3.05) is 0 Å². The number of ether oxygens (including phenoxy) is 1. The lowest BCUT2D eigenvalue weighted by atomic mass is 10.0. The molecule has 0 bridgehead atoms. The van der Waals surface area contributed by atoms with Gasteiger partial charge in [0.1, 0.15) is 17.4 Å². The molecule has 2 aromatic carbocycles. The summed E-state index contributed by atoms with van der Waals surface area (Å²) in [6.07, 6.45) is -0.987. The number of rotatable bonds is 4. The molecule has 1 aliphatic heterocycles. The number of hydrogen-bond donors (Lipinski definition) is 1. The van der Waals surface area contributed by atoms with Gasteiger partial charge in [-0.2, -0.15) is 0 Å². The van der Waals surface area contributed by atoms with Gasteiger partial charge < -0.3 is 14.7 Å². The summed E-state index contributed by atoms with van der Waals surface area (Å²) >= 11 is 3.29. The van der Waals surface area contributed by atoms with E-state index in [2.05, 4.69) is 15.9 Å². The maximum atomic E-state index is 14.2. The Morgan fingerprint density at radius 3 is 2.46 bits per heavy atom. The highest BCUT2D eigenvalue weighted by molar-refractivity contribution is 9.10. The number of aliphatic carboxylic acids is 1.